The minimum Gasteiger partial charge on any atom is -0.780 e. The first kappa shape index (κ1) is 20.9. The number of ether oxygens (including phenoxy) is 1. The number of hydrogen-bond acceptors (Lipinski definition) is 7. The molecule has 1 heterocycles. The Kier molecular flexibility index (Phi) is 6.20. The van der Waals surface area contributed by atoms with Gasteiger partial charge in [0.2, 0.25) is 0 Å². The molecule has 5 fully saturated rings. The maximum Gasteiger partial charge on any atom is 1.00 e. The number of methoxy groups -OCH3 is 1. The standard InChI is InChI=1S/C18H22ClO7P.2Na/c1-23-18(12-2-3-15(19)16(9-12)24-27(20,21)22)17(25-26-18)13-5-10-4-11(7-13)8-14(17)6-10;;/h2-3,9-11,13-14H,4-8H2,1H3,(H2,20,21,22);;/q;2*+1/p-2/i1D3;;. The van der Waals surface area contributed by atoms with E-state index in [0.29, 0.717) is 11.8 Å². The van der Waals surface area contributed by atoms with Gasteiger partial charge in [-0.2, -0.15) is 4.89 Å². The van der Waals surface area contributed by atoms with E-state index in [2.05, 4.69) is 4.52 Å². The van der Waals surface area contributed by atoms with E-state index in [-0.39, 0.29) is 81.5 Å². The topological polar surface area (TPSA) is 100 Å². The molecule has 1 aliphatic heterocycles. The van der Waals surface area contributed by atoms with Gasteiger partial charge in [0.1, 0.15) is 13.6 Å². The van der Waals surface area contributed by atoms with Crippen LogP contribution in [-0.2, 0) is 24.9 Å². The van der Waals surface area contributed by atoms with E-state index < -0.39 is 32.0 Å². The van der Waals surface area contributed by atoms with Crippen LogP contribution in [0.2, 0.25) is 5.02 Å². The fourth-order valence-corrected chi connectivity index (χ4v) is 6.70. The SMILES string of the molecule is [2H]C([2H])([2H])OC1(c2ccc(Cl)c(OP(=O)([O-])[O-])c2)OOC12C1CC3CC(C1)CC2C3.[Na+].[Na+]. The van der Waals surface area contributed by atoms with E-state index in [9.17, 15) is 14.4 Å². The molecular formula is C18H20ClNa2O7P. The first-order valence-electron chi connectivity index (χ1n) is 10.5. The molecule has 4 bridgehead atoms. The fourth-order valence-electron chi connectivity index (χ4n) is 6.10. The predicted octanol–water partition coefficient (Wildman–Crippen LogP) is -3.49. The zero-order valence-corrected chi connectivity index (χ0v) is 21.9. The zero-order valence-electron chi connectivity index (χ0n) is 19.3. The maximum absolute atomic E-state index is 11.1. The second-order valence-electron chi connectivity index (χ2n) is 8.17. The maximum atomic E-state index is 11.1. The minimum absolute atomic E-state index is 0. The molecule has 5 aliphatic rings. The van der Waals surface area contributed by atoms with Gasteiger partial charge in [0.15, 0.2) is 5.60 Å². The molecule has 0 aromatic heterocycles. The summed E-state index contributed by atoms with van der Waals surface area (Å²) in [5.41, 5.74) is -0.830. The van der Waals surface area contributed by atoms with E-state index in [4.69, 9.17) is 30.2 Å². The molecule has 0 amide bonds. The van der Waals surface area contributed by atoms with Gasteiger partial charge < -0.3 is 23.6 Å². The van der Waals surface area contributed by atoms with Crippen molar-refractivity contribution in [2.45, 2.75) is 43.5 Å². The summed E-state index contributed by atoms with van der Waals surface area (Å²) in [7, 11) is -8.21. The van der Waals surface area contributed by atoms with Gasteiger partial charge in [-0.3, -0.25) is 0 Å². The van der Waals surface area contributed by atoms with Crippen LogP contribution in [0.25, 0.3) is 0 Å². The number of rotatable bonds is 4. The second-order valence-corrected chi connectivity index (χ2v) is 9.65. The molecule has 11 heteroatoms. The van der Waals surface area contributed by atoms with Crippen molar-refractivity contribution in [1.29, 1.82) is 0 Å². The summed E-state index contributed by atoms with van der Waals surface area (Å²) in [6, 6.07) is 3.99. The molecule has 4 aliphatic carbocycles. The van der Waals surface area contributed by atoms with Crippen LogP contribution in [0.1, 0.15) is 41.8 Å². The molecule has 0 radical (unpaired) electrons. The van der Waals surface area contributed by atoms with Gasteiger partial charge in [0.25, 0.3) is 5.79 Å². The smallest absolute Gasteiger partial charge is 0.780 e. The molecule has 6 rings (SSSR count). The van der Waals surface area contributed by atoms with Crippen molar-refractivity contribution >= 4 is 19.4 Å². The molecule has 1 spiro atoms. The molecule has 1 atom stereocenters. The van der Waals surface area contributed by atoms with Gasteiger partial charge in [0.05, 0.1) is 9.13 Å². The molecule has 1 aromatic rings. The molecule has 7 nitrogen and oxygen atoms in total. The number of hydrogen-bond donors (Lipinski definition) is 0. The third kappa shape index (κ3) is 3.76. The zero-order chi connectivity index (χ0) is 21.5. The average Bonchev–Trinajstić information content (AvgIpc) is 2.58. The number of benzene rings is 1. The Morgan fingerprint density at radius 2 is 1.76 bits per heavy atom. The Morgan fingerprint density at radius 1 is 1.14 bits per heavy atom. The first-order valence-corrected chi connectivity index (χ1v) is 10.8. The van der Waals surface area contributed by atoms with Crippen LogP contribution in [0.15, 0.2) is 18.2 Å². The van der Waals surface area contributed by atoms with Crippen LogP contribution in [-0.4, -0.2) is 12.6 Å². The predicted molar refractivity (Wildman–Crippen MR) is 90.3 cm³/mol. The number of halogens is 1. The first-order chi connectivity index (χ1) is 13.9. The van der Waals surface area contributed by atoms with Gasteiger partial charge >= 0.3 is 59.1 Å². The van der Waals surface area contributed by atoms with Gasteiger partial charge in [-0.1, -0.05) is 17.7 Å². The summed E-state index contributed by atoms with van der Waals surface area (Å²) < 4.78 is 44.4. The minimum atomic E-state index is -5.39. The van der Waals surface area contributed by atoms with Crippen molar-refractivity contribution in [3.8, 4) is 5.75 Å². The molecule has 1 unspecified atom stereocenters. The van der Waals surface area contributed by atoms with Crippen LogP contribution in [0.3, 0.4) is 0 Å². The van der Waals surface area contributed by atoms with Crippen LogP contribution in [0.5, 0.6) is 5.75 Å². The quantitative estimate of drug-likeness (QED) is 0.260. The van der Waals surface area contributed by atoms with Crippen LogP contribution in [0.4, 0.5) is 0 Å². The van der Waals surface area contributed by atoms with Gasteiger partial charge in [0, 0.05) is 12.6 Å². The Bertz CT molecular complexity index is 902. The van der Waals surface area contributed by atoms with Crippen molar-refractivity contribution in [2.75, 3.05) is 7.04 Å². The van der Waals surface area contributed by atoms with Gasteiger partial charge in [-0.15, -0.1) is 0 Å². The van der Waals surface area contributed by atoms with Gasteiger partial charge in [-0.25, -0.2) is 4.89 Å². The summed E-state index contributed by atoms with van der Waals surface area (Å²) in [5.74, 6) is -0.984. The van der Waals surface area contributed by atoms with E-state index in [0.717, 1.165) is 25.7 Å². The second kappa shape index (κ2) is 8.60. The van der Waals surface area contributed by atoms with E-state index in [1.54, 1.807) is 0 Å². The Balaban J connectivity index is 0.00000144. The molecule has 148 valence electrons. The van der Waals surface area contributed by atoms with Crippen molar-refractivity contribution in [3.05, 3.63) is 28.8 Å². The van der Waals surface area contributed by atoms with Crippen LogP contribution >= 0.6 is 19.4 Å². The normalized spacial score (nSPS) is 41.4. The fraction of sp³-hybridized carbons (Fsp3) is 0.667. The van der Waals surface area contributed by atoms with Crippen LogP contribution in [0, 0.1) is 23.7 Å². The molecular weight excluding hydrogens is 441 g/mol. The summed E-state index contributed by atoms with van der Waals surface area (Å²) in [5, 5.41) is -0.117. The molecule has 4 saturated carbocycles. The van der Waals surface area contributed by atoms with E-state index >= 15 is 0 Å². The monoisotopic (exact) mass is 463 g/mol. The summed E-state index contributed by atoms with van der Waals surface area (Å²) in [4.78, 5) is 33.5. The summed E-state index contributed by atoms with van der Waals surface area (Å²) in [6.45, 7) is 0. The number of phosphoric acid groups is 1. The Labute approximate surface area is 223 Å². The Morgan fingerprint density at radius 3 is 2.24 bits per heavy atom. The van der Waals surface area contributed by atoms with Crippen molar-refractivity contribution < 1.29 is 96.6 Å². The third-order valence-corrected chi connectivity index (χ3v) is 7.56. The molecule has 29 heavy (non-hydrogen) atoms. The largest absolute Gasteiger partial charge is 1.00 e. The summed E-state index contributed by atoms with van der Waals surface area (Å²) >= 11 is 6.00. The van der Waals surface area contributed by atoms with E-state index in [1.807, 2.05) is 0 Å². The number of phosphoric ester groups is 1. The molecule has 1 aromatic carbocycles. The van der Waals surface area contributed by atoms with Crippen LogP contribution < -0.4 is 73.4 Å². The third-order valence-electron chi connectivity index (χ3n) is 6.83. The molecule has 1 saturated heterocycles. The average molecular weight is 464 g/mol. The van der Waals surface area contributed by atoms with Crippen molar-refractivity contribution in [3.63, 3.8) is 0 Å². The molecule has 0 N–H and O–H groups in total. The Hall–Kier alpha value is 1.34. The van der Waals surface area contributed by atoms with Crippen molar-refractivity contribution in [1.82, 2.24) is 0 Å². The van der Waals surface area contributed by atoms with Crippen molar-refractivity contribution in [2.24, 2.45) is 23.7 Å². The summed E-state index contributed by atoms with van der Waals surface area (Å²) in [6.07, 6.45) is 4.72. The van der Waals surface area contributed by atoms with Gasteiger partial charge in [-0.05, 0) is 67.9 Å². The van der Waals surface area contributed by atoms with E-state index in [1.165, 1.54) is 24.6 Å².